The molecule has 0 aliphatic rings. The van der Waals surface area contributed by atoms with Crippen molar-refractivity contribution in [3.05, 3.63) is 59.0 Å². The number of hydrogen-bond donors (Lipinski definition) is 1. The highest BCUT2D eigenvalue weighted by molar-refractivity contribution is 6.33. The molecule has 0 spiro atoms. The summed E-state index contributed by atoms with van der Waals surface area (Å²) in [5, 5.41) is 2.30. The minimum atomic E-state index is -4.51. The Morgan fingerprint density at radius 2 is 2.05 bits per heavy atom. The van der Waals surface area contributed by atoms with Crippen LogP contribution in [0.25, 0.3) is 6.08 Å². The maximum absolute atomic E-state index is 12.6. The lowest BCUT2D eigenvalue weighted by atomic mass is 10.2. The Balaban J connectivity index is 2.13. The number of benzene rings is 1. The van der Waals surface area contributed by atoms with Crippen LogP contribution in [0.5, 0.6) is 0 Å². The lowest BCUT2D eigenvalue weighted by Crippen LogP contribution is -2.10. The van der Waals surface area contributed by atoms with Crippen LogP contribution in [-0.2, 0) is 11.0 Å². The number of alkyl halides is 3. The maximum atomic E-state index is 12.6. The second-order valence-corrected chi connectivity index (χ2v) is 4.44. The molecule has 1 heterocycles. The van der Waals surface area contributed by atoms with E-state index in [1.54, 1.807) is 12.1 Å². The first-order chi connectivity index (χ1) is 9.86. The smallest absolute Gasteiger partial charge is 0.416 e. The van der Waals surface area contributed by atoms with Gasteiger partial charge in [-0.1, -0.05) is 11.6 Å². The largest absolute Gasteiger partial charge is 0.465 e. The van der Waals surface area contributed by atoms with E-state index in [0.29, 0.717) is 5.76 Å². The fraction of sp³-hybridized carbons (Fsp3) is 0.0714. The van der Waals surface area contributed by atoms with Crippen molar-refractivity contribution in [3.8, 4) is 0 Å². The molecule has 0 saturated heterocycles. The fourth-order valence-electron chi connectivity index (χ4n) is 1.52. The summed E-state index contributed by atoms with van der Waals surface area (Å²) >= 11 is 5.77. The van der Waals surface area contributed by atoms with E-state index in [1.807, 2.05) is 0 Å². The molecular formula is C14H9ClF3NO2. The lowest BCUT2D eigenvalue weighted by Gasteiger charge is -2.10. The van der Waals surface area contributed by atoms with Crippen LogP contribution in [-0.4, -0.2) is 5.91 Å². The number of nitrogens with one attached hydrogen (secondary N) is 1. The molecule has 0 unspecified atom stereocenters. The van der Waals surface area contributed by atoms with E-state index < -0.39 is 17.6 Å². The minimum Gasteiger partial charge on any atom is -0.465 e. The molecule has 0 atom stereocenters. The van der Waals surface area contributed by atoms with E-state index in [2.05, 4.69) is 5.32 Å². The van der Waals surface area contributed by atoms with E-state index in [9.17, 15) is 18.0 Å². The molecule has 0 radical (unpaired) electrons. The lowest BCUT2D eigenvalue weighted by molar-refractivity contribution is -0.137. The van der Waals surface area contributed by atoms with Gasteiger partial charge in [0.15, 0.2) is 0 Å². The van der Waals surface area contributed by atoms with Crippen molar-refractivity contribution in [3.63, 3.8) is 0 Å². The monoisotopic (exact) mass is 315 g/mol. The number of carbonyl (C=O) groups is 1. The van der Waals surface area contributed by atoms with Crippen molar-refractivity contribution < 1.29 is 22.4 Å². The first-order valence-electron chi connectivity index (χ1n) is 5.75. The Morgan fingerprint density at radius 3 is 2.67 bits per heavy atom. The summed E-state index contributed by atoms with van der Waals surface area (Å²) < 4.78 is 42.7. The van der Waals surface area contributed by atoms with Gasteiger partial charge in [0.25, 0.3) is 0 Å². The Hall–Kier alpha value is -2.21. The van der Waals surface area contributed by atoms with Crippen LogP contribution in [0.4, 0.5) is 18.9 Å². The average molecular weight is 316 g/mol. The summed E-state index contributed by atoms with van der Waals surface area (Å²) in [5.41, 5.74) is -1.00. The number of anilines is 1. The predicted molar refractivity (Wildman–Crippen MR) is 72.8 cm³/mol. The summed E-state index contributed by atoms with van der Waals surface area (Å²) in [4.78, 5) is 11.6. The highest BCUT2D eigenvalue weighted by Crippen LogP contribution is 2.33. The van der Waals surface area contributed by atoms with E-state index in [-0.39, 0.29) is 10.7 Å². The summed E-state index contributed by atoms with van der Waals surface area (Å²) in [6.07, 6.45) is -0.554. The third-order valence-electron chi connectivity index (χ3n) is 2.49. The SMILES string of the molecule is O=C(/C=C/c1ccco1)Nc1cc(C(F)(F)F)ccc1Cl. The Morgan fingerprint density at radius 1 is 1.29 bits per heavy atom. The molecule has 0 fully saturated rings. The molecule has 110 valence electrons. The summed E-state index contributed by atoms with van der Waals surface area (Å²) in [7, 11) is 0. The third kappa shape index (κ3) is 4.13. The van der Waals surface area contributed by atoms with Crippen LogP contribution >= 0.6 is 11.6 Å². The van der Waals surface area contributed by atoms with Crippen molar-refractivity contribution >= 4 is 29.3 Å². The van der Waals surface area contributed by atoms with Gasteiger partial charge in [-0.3, -0.25) is 4.79 Å². The molecule has 1 aromatic carbocycles. The van der Waals surface area contributed by atoms with Crippen LogP contribution in [0.1, 0.15) is 11.3 Å². The van der Waals surface area contributed by atoms with Crippen molar-refractivity contribution in [2.75, 3.05) is 5.32 Å². The van der Waals surface area contributed by atoms with Gasteiger partial charge in [-0.2, -0.15) is 13.2 Å². The van der Waals surface area contributed by atoms with E-state index in [4.69, 9.17) is 16.0 Å². The van der Waals surface area contributed by atoms with Gasteiger partial charge in [-0.25, -0.2) is 0 Å². The number of rotatable bonds is 3. The zero-order chi connectivity index (χ0) is 15.5. The molecule has 7 heteroatoms. The zero-order valence-corrected chi connectivity index (χ0v) is 11.2. The molecule has 0 aliphatic carbocycles. The van der Waals surface area contributed by atoms with Gasteiger partial charge in [0.05, 0.1) is 22.5 Å². The van der Waals surface area contributed by atoms with Gasteiger partial charge in [0.1, 0.15) is 5.76 Å². The normalized spacial score (nSPS) is 11.8. The fourth-order valence-corrected chi connectivity index (χ4v) is 1.68. The predicted octanol–water partition coefficient (Wildman–Crippen LogP) is 4.60. The molecule has 21 heavy (non-hydrogen) atoms. The molecule has 1 amide bonds. The van der Waals surface area contributed by atoms with Gasteiger partial charge in [-0.15, -0.1) is 0 Å². The second-order valence-electron chi connectivity index (χ2n) is 4.03. The van der Waals surface area contributed by atoms with E-state index >= 15 is 0 Å². The molecule has 2 rings (SSSR count). The second kappa shape index (κ2) is 6.05. The number of amides is 1. The molecule has 2 aromatic rings. The van der Waals surface area contributed by atoms with Crippen LogP contribution in [0.2, 0.25) is 5.02 Å². The molecule has 0 aliphatic heterocycles. The molecule has 0 saturated carbocycles. The zero-order valence-electron chi connectivity index (χ0n) is 10.4. The molecule has 1 N–H and O–H groups in total. The van der Waals surface area contributed by atoms with Gasteiger partial charge < -0.3 is 9.73 Å². The summed E-state index contributed by atoms with van der Waals surface area (Å²) in [6, 6.07) is 5.97. The minimum absolute atomic E-state index is 0.0164. The summed E-state index contributed by atoms with van der Waals surface area (Å²) in [6.45, 7) is 0. The van der Waals surface area contributed by atoms with Gasteiger partial charge in [0, 0.05) is 6.08 Å². The topological polar surface area (TPSA) is 42.2 Å². The van der Waals surface area contributed by atoms with E-state index in [0.717, 1.165) is 24.3 Å². The average Bonchev–Trinajstić information content (AvgIpc) is 2.91. The van der Waals surface area contributed by atoms with Gasteiger partial charge in [0.2, 0.25) is 5.91 Å². The van der Waals surface area contributed by atoms with Crippen LogP contribution in [0.15, 0.2) is 47.1 Å². The van der Waals surface area contributed by atoms with Crippen LogP contribution in [0.3, 0.4) is 0 Å². The third-order valence-corrected chi connectivity index (χ3v) is 2.82. The van der Waals surface area contributed by atoms with Crippen LogP contribution < -0.4 is 5.32 Å². The maximum Gasteiger partial charge on any atom is 0.416 e. The number of hydrogen-bond acceptors (Lipinski definition) is 2. The van der Waals surface area contributed by atoms with Crippen LogP contribution in [0, 0.1) is 0 Å². The highest BCUT2D eigenvalue weighted by atomic mass is 35.5. The number of halogens is 4. The molecule has 1 aromatic heterocycles. The van der Waals surface area contributed by atoms with Crippen molar-refractivity contribution in [2.24, 2.45) is 0 Å². The molecular weight excluding hydrogens is 307 g/mol. The van der Waals surface area contributed by atoms with Crippen molar-refractivity contribution in [1.29, 1.82) is 0 Å². The van der Waals surface area contributed by atoms with Crippen molar-refractivity contribution in [2.45, 2.75) is 6.18 Å². The summed E-state index contributed by atoms with van der Waals surface area (Å²) in [5.74, 6) is -0.173. The van der Waals surface area contributed by atoms with Gasteiger partial charge in [-0.05, 0) is 36.4 Å². The number of furan rings is 1. The Bertz CT molecular complexity index is 663. The Kier molecular flexibility index (Phi) is 4.37. The number of carbonyl (C=O) groups excluding carboxylic acids is 1. The van der Waals surface area contributed by atoms with Gasteiger partial charge >= 0.3 is 6.18 Å². The highest BCUT2D eigenvalue weighted by Gasteiger charge is 2.31. The Labute approximate surface area is 123 Å². The standard InChI is InChI=1S/C14H9ClF3NO2/c15-11-5-3-9(14(16,17)18)8-12(11)19-13(20)6-4-10-2-1-7-21-10/h1-8H,(H,19,20)/b6-4+. The molecule has 0 bridgehead atoms. The molecule has 3 nitrogen and oxygen atoms in total. The van der Waals surface area contributed by atoms with Crippen molar-refractivity contribution in [1.82, 2.24) is 0 Å². The van der Waals surface area contributed by atoms with E-state index in [1.165, 1.54) is 12.3 Å². The first-order valence-corrected chi connectivity index (χ1v) is 6.13. The first kappa shape index (κ1) is 15.2. The quantitative estimate of drug-likeness (QED) is 0.841.